The third-order valence-electron chi connectivity index (χ3n) is 4.17. The maximum absolute atomic E-state index is 12.7. The summed E-state index contributed by atoms with van der Waals surface area (Å²) in [5.74, 6) is -0.719. The van der Waals surface area contributed by atoms with Crippen LogP contribution >= 0.6 is 0 Å². The van der Waals surface area contributed by atoms with Crippen molar-refractivity contribution in [1.29, 1.82) is 0 Å². The molecular formula is C21H21N5O3. The van der Waals surface area contributed by atoms with Crippen LogP contribution in [0.5, 0.6) is 0 Å². The van der Waals surface area contributed by atoms with Crippen LogP contribution in [-0.2, 0) is 14.3 Å². The molecule has 0 atom stereocenters. The van der Waals surface area contributed by atoms with Gasteiger partial charge in [-0.15, -0.1) is 5.10 Å². The molecule has 2 aromatic carbocycles. The van der Waals surface area contributed by atoms with Crippen molar-refractivity contribution >= 4 is 29.3 Å². The molecule has 0 radical (unpaired) electrons. The number of rotatable bonds is 6. The summed E-state index contributed by atoms with van der Waals surface area (Å²) in [4.78, 5) is 24.9. The van der Waals surface area contributed by atoms with E-state index in [4.69, 9.17) is 4.74 Å². The number of ether oxygens (including phenoxy) is 1. The molecule has 1 aromatic heterocycles. The fourth-order valence-corrected chi connectivity index (χ4v) is 2.63. The lowest BCUT2D eigenvalue weighted by atomic mass is 10.1. The van der Waals surface area contributed by atoms with Crippen molar-refractivity contribution < 1.29 is 14.3 Å². The molecule has 3 rings (SSSR count). The summed E-state index contributed by atoms with van der Waals surface area (Å²) in [5, 5.41) is 14.0. The smallest absolute Gasteiger partial charge is 0.357 e. The van der Waals surface area contributed by atoms with E-state index in [9.17, 15) is 9.59 Å². The number of esters is 1. The molecule has 0 saturated heterocycles. The van der Waals surface area contributed by atoms with Crippen LogP contribution in [0.3, 0.4) is 0 Å². The molecule has 8 nitrogen and oxygen atoms in total. The zero-order chi connectivity index (χ0) is 20.8. The Kier molecular flexibility index (Phi) is 6.13. The fraction of sp³-hybridized carbons (Fsp3) is 0.190. The topological polar surface area (TPSA) is 99.0 Å². The number of aryl methyl sites for hydroxylation is 3. The first-order chi connectivity index (χ1) is 13.9. The Morgan fingerprint density at radius 1 is 1.10 bits per heavy atom. The number of aromatic nitrogens is 4. The summed E-state index contributed by atoms with van der Waals surface area (Å²) in [5.41, 5.74) is 3.50. The zero-order valence-corrected chi connectivity index (χ0v) is 16.4. The molecule has 0 saturated carbocycles. The number of carbonyl (C=O) groups excluding carboxylic acids is 2. The Morgan fingerprint density at radius 2 is 1.86 bits per heavy atom. The number of carbonyl (C=O) groups is 2. The lowest BCUT2D eigenvalue weighted by molar-refractivity contribution is -0.141. The van der Waals surface area contributed by atoms with E-state index in [1.807, 2.05) is 62.4 Å². The second-order valence-electron chi connectivity index (χ2n) is 6.52. The monoisotopic (exact) mass is 391 g/mol. The second kappa shape index (κ2) is 8.92. The average molecular weight is 391 g/mol. The summed E-state index contributed by atoms with van der Waals surface area (Å²) in [7, 11) is 0. The molecule has 0 aliphatic heterocycles. The van der Waals surface area contributed by atoms with Gasteiger partial charge in [0, 0.05) is 5.69 Å². The molecule has 8 heteroatoms. The number of hydrogen-bond donors (Lipinski definition) is 1. The van der Waals surface area contributed by atoms with Crippen molar-refractivity contribution in [2.24, 2.45) is 0 Å². The summed E-state index contributed by atoms with van der Waals surface area (Å²) in [6.45, 7) is 5.06. The number of benzene rings is 2. The summed E-state index contributed by atoms with van der Waals surface area (Å²) in [6.07, 6.45) is 1.61. The van der Waals surface area contributed by atoms with E-state index in [2.05, 4.69) is 20.8 Å². The van der Waals surface area contributed by atoms with Gasteiger partial charge in [0.1, 0.15) is 0 Å². The maximum Gasteiger partial charge on any atom is 0.357 e. The number of amides is 1. The van der Waals surface area contributed by atoms with Gasteiger partial charge in [-0.05, 0) is 60.0 Å². The second-order valence-corrected chi connectivity index (χ2v) is 6.52. The van der Waals surface area contributed by atoms with Gasteiger partial charge in [0.05, 0.1) is 0 Å². The van der Waals surface area contributed by atoms with Crippen molar-refractivity contribution in [2.45, 2.75) is 20.8 Å². The van der Waals surface area contributed by atoms with Gasteiger partial charge in [0.25, 0.3) is 5.91 Å². The summed E-state index contributed by atoms with van der Waals surface area (Å²) < 4.78 is 6.50. The third kappa shape index (κ3) is 5.13. The van der Waals surface area contributed by atoms with Crippen LogP contribution < -0.4 is 5.32 Å². The predicted octanol–water partition coefficient (Wildman–Crippen LogP) is 2.78. The highest BCUT2D eigenvalue weighted by Crippen LogP contribution is 2.17. The van der Waals surface area contributed by atoms with Crippen molar-refractivity contribution in [1.82, 2.24) is 20.2 Å². The Bertz CT molecular complexity index is 1060. The zero-order valence-electron chi connectivity index (χ0n) is 16.4. The molecule has 0 unspecified atom stereocenters. The highest BCUT2D eigenvalue weighted by molar-refractivity contribution is 6.15. The van der Waals surface area contributed by atoms with E-state index in [0.717, 1.165) is 16.7 Å². The van der Waals surface area contributed by atoms with E-state index in [1.54, 1.807) is 13.0 Å². The van der Waals surface area contributed by atoms with Gasteiger partial charge in [-0.25, -0.2) is 4.79 Å². The van der Waals surface area contributed by atoms with Crippen molar-refractivity contribution in [3.05, 3.63) is 71.0 Å². The Hall–Kier alpha value is -3.81. The van der Waals surface area contributed by atoms with Crippen molar-refractivity contribution in [3.8, 4) is 0 Å². The fourth-order valence-electron chi connectivity index (χ4n) is 2.63. The molecular weight excluding hydrogens is 370 g/mol. The third-order valence-corrected chi connectivity index (χ3v) is 4.17. The van der Waals surface area contributed by atoms with Gasteiger partial charge >= 0.3 is 5.97 Å². The number of anilines is 1. The number of nitrogens with one attached hydrogen (secondary N) is 1. The number of tetrazole rings is 1. The molecule has 1 amide bonds. The van der Waals surface area contributed by atoms with E-state index in [1.165, 1.54) is 4.68 Å². The Morgan fingerprint density at radius 3 is 2.55 bits per heavy atom. The SMILES string of the molecule is Cc1ccc(C)c(NC(=O)COC(=O)/C(=C/c2ccccc2)n2nnnc2C)c1. The molecule has 1 heterocycles. The molecule has 0 bridgehead atoms. The lowest BCUT2D eigenvalue weighted by Gasteiger charge is -2.11. The molecule has 148 valence electrons. The highest BCUT2D eigenvalue weighted by Gasteiger charge is 2.19. The average Bonchev–Trinajstić information content (AvgIpc) is 3.13. The molecule has 0 fully saturated rings. The molecule has 29 heavy (non-hydrogen) atoms. The van der Waals surface area contributed by atoms with E-state index >= 15 is 0 Å². The van der Waals surface area contributed by atoms with Crippen LogP contribution in [0.25, 0.3) is 11.8 Å². The normalized spacial score (nSPS) is 11.2. The van der Waals surface area contributed by atoms with E-state index in [-0.39, 0.29) is 5.70 Å². The number of nitrogens with zero attached hydrogens (tertiary/aromatic N) is 4. The number of hydrogen-bond acceptors (Lipinski definition) is 6. The summed E-state index contributed by atoms with van der Waals surface area (Å²) in [6, 6.07) is 15.0. The van der Waals surface area contributed by atoms with E-state index in [0.29, 0.717) is 11.5 Å². The predicted molar refractivity (Wildman–Crippen MR) is 109 cm³/mol. The molecule has 1 N–H and O–H groups in total. The van der Waals surface area contributed by atoms with Gasteiger partial charge in [0.2, 0.25) is 0 Å². The van der Waals surface area contributed by atoms with Crippen LogP contribution in [0.2, 0.25) is 0 Å². The summed E-state index contributed by atoms with van der Waals surface area (Å²) >= 11 is 0. The molecule has 3 aromatic rings. The van der Waals surface area contributed by atoms with Gasteiger partial charge < -0.3 is 10.1 Å². The first kappa shape index (κ1) is 19.9. The van der Waals surface area contributed by atoms with E-state index < -0.39 is 18.5 Å². The minimum absolute atomic E-state index is 0.109. The maximum atomic E-state index is 12.7. The van der Waals surface area contributed by atoms with Crippen LogP contribution in [0.15, 0.2) is 48.5 Å². The largest absolute Gasteiger partial charge is 0.451 e. The Balaban J connectivity index is 1.73. The first-order valence-corrected chi connectivity index (χ1v) is 9.00. The molecule has 0 aliphatic carbocycles. The van der Waals surface area contributed by atoms with Gasteiger partial charge in [-0.3, -0.25) is 4.79 Å². The Labute approximate surface area is 168 Å². The molecule has 0 spiro atoms. The van der Waals surface area contributed by atoms with Gasteiger partial charge in [0.15, 0.2) is 18.1 Å². The highest BCUT2D eigenvalue weighted by atomic mass is 16.5. The van der Waals surface area contributed by atoms with Crippen LogP contribution in [0.1, 0.15) is 22.5 Å². The standard InChI is InChI=1S/C21H21N5O3/c1-14-9-10-15(2)18(11-14)22-20(27)13-29-21(28)19(26-16(3)23-24-25-26)12-17-7-5-4-6-8-17/h4-12H,13H2,1-3H3,(H,22,27)/b19-12-. The van der Waals surface area contributed by atoms with Crippen molar-refractivity contribution in [3.63, 3.8) is 0 Å². The van der Waals surface area contributed by atoms with Crippen molar-refractivity contribution in [2.75, 3.05) is 11.9 Å². The molecule has 0 aliphatic rings. The first-order valence-electron chi connectivity index (χ1n) is 9.00. The quantitative estimate of drug-likeness (QED) is 0.512. The lowest BCUT2D eigenvalue weighted by Crippen LogP contribution is -2.23. The minimum Gasteiger partial charge on any atom is -0.451 e. The van der Waals surface area contributed by atoms with Crippen LogP contribution in [0.4, 0.5) is 5.69 Å². The van der Waals surface area contributed by atoms with Gasteiger partial charge in [-0.1, -0.05) is 42.5 Å². The van der Waals surface area contributed by atoms with Crippen LogP contribution in [-0.4, -0.2) is 38.7 Å². The van der Waals surface area contributed by atoms with Gasteiger partial charge in [-0.2, -0.15) is 4.68 Å². The minimum atomic E-state index is -0.708. The van der Waals surface area contributed by atoms with Crippen LogP contribution in [0, 0.1) is 20.8 Å².